The van der Waals surface area contributed by atoms with Crippen molar-refractivity contribution < 1.29 is 17.9 Å². The topological polar surface area (TPSA) is 75.7 Å². The number of hydrogen-bond donors (Lipinski definition) is 1. The van der Waals surface area contributed by atoms with Gasteiger partial charge in [-0.05, 0) is 44.0 Å². The number of benzene rings is 1. The van der Waals surface area contributed by atoms with Crippen LogP contribution in [0.1, 0.15) is 52.4 Å². The van der Waals surface area contributed by atoms with Crippen molar-refractivity contribution in [1.82, 2.24) is 9.62 Å². The molecule has 0 radical (unpaired) electrons. The largest absolute Gasteiger partial charge is 0.494 e. The third-order valence-electron chi connectivity index (χ3n) is 4.67. The molecule has 0 aliphatic heterocycles. The van der Waals surface area contributed by atoms with Crippen LogP contribution in [0.4, 0.5) is 0 Å². The number of likely N-dealkylation sites (N-methyl/N-ethyl adjacent to an activating group) is 1. The van der Waals surface area contributed by atoms with E-state index in [9.17, 15) is 13.2 Å². The second-order valence-corrected chi connectivity index (χ2v) is 8.53. The van der Waals surface area contributed by atoms with Gasteiger partial charge in [0.05, 0.1) is 18.0 Å². The molecule has 0 saturated heterocycles. The number of carbonyl (C=O) groups excluding carboxylic acids is 1. The van der Waals surface area contributed by atoms with Gasteiger partial charge in [0.15, 0.2) is 0 Å². The average Bonchev–Trinajstić information content (AvgIpc) is 2.89. The first kappa shape index (κ1) is 20.7. The number of nitrogens with zero attached hydrogens (tertiary/aromatic N) is 1. The Kier molecular flexibility index (Phi) is 7.90. The maximum Gasteiger partial charge on any atom is 0.243 e. The number of ether oxygens (including phenoxy) is 1. The number of rotatable bonds is 8. The van der Waals surface area contributed by atoms with Crippen molar-refractivity contribution in [3.63, 3.8) is 0 Å². The lowest BCUT2D eigenvalue weighted by molar-refractivity contribution is -0.122. The van der Waals surface area contributed by atoms with Gasteiger partial charge in [0.1, 0.15) is 5.75 Å². The second-order valence-electron chi connectivity index (χ2n) is 6.59. The first-order valence-corrected chi connectivity index (χ1v) is 10.9. The first-order chi connectivity index (χ1) is 12.5. The molecule has 7 heteroatoms. The standard InChI is InChI=1S/C19H30N2O4S/c1-3-21(15-19(22)20-16-9-7-5-6-8-10-16)26(23,24)18-13-11-17(12-14-18)25-4-2/h11-14,16H,3-10,15H2,1-2H3,(H,20,22). The Morgan fingerprint density at radius 2 is 1.73 bits per heavy atom. The van der Waals surface area contributed by atoms with Crippen LogP contribution in [0.5, 0.6) is 5.75 Å². The molecule has 1 aromatic carbocycles. The lowest BCUT2D eigenvalue weighted by Gasteiger charge is -2.22. The molecule has 1 fully saturated rings. The van der Waals surface area contributed by atoms with Crippen LogP contribution in [-0.2, 0) is 14.8 Å². The van der Waals surface area contributed by atoms with Crippen LogP contribution in [0.25, 0.3) is 0 Å². The van der Waals surface area contributed by atoms with Crippen molar-refractivity contribution in [3.8, 4) is 5.75 Å². The highest BCUT2D eigenvalue weighted by atomic mass is 32.2. The smallest absolute Gasteiger partial charge is 0.243 e. The number of sulfonamides is 1. The average molecular weight is 383 g/mol. The molecular weight excluding hydrogens is 352 g/mol. The van der Waals surface area contributed by atoms with Gasteiger partial charge >= 0.3 is 0 Å². The maximum absolute atomic E-state index is 12.8. The highest BCUT2D eigenvalue weighted by Crippen LogP contribution is 2.20. The van der Waals surface area contributed by atoms with Crippen molar-refractivity contribution in [1.29, 1.82) is 0 Å². The van der Waals surface area contributed by atoms with E-state index >= 15 is 0 Å². The van der Waals surface area contributed by atoms with Crippen molar-refractivity contribution in [2.45, 2.75) is 63.3 Å². The summed E-state index contributed by atoms with van der Waals surface area (Å²) < 4.78 is 32.2. The molecule has 0 bridgehead atoms. The Bertz CT molecular complexity index is 665. The van der Waals surface area contributed by atoms with Crippen LogP contribution in [0, 0.1) is 0 Å². The quantitative estimate of drug-likeness (QED) is 0.702. The van der Waals surface area contributed by atoms with Crippen molar-refractivity contribution in [2.24, 2.45) is 0 Å². The predicted octanol–water partition coefficient (Wildman–Crippen LogP) is 2.93. The van der Waals surface area contributed by atoms with Crippen LogP contribution in [0.2, 0.25) is 0 Å². The molecule has 1 aromatic rings. The van der Waals surface area contributed by atoms with Gasteiger partial charge in [-0.15, -0.1) is 0 Å². The summed E-state index contributed by atoms with van der Waals surface area (Å²) in [6, 6.07) is 6.47. The minimum atomic E-state index is -3.71. The normalized spacial score (nSPS) is 16.3. The van der Waals surface area contributed by atoms with Crippen molar-refractivity contribution in [2.75, 3.05) is 19.7 Å². The van der Waals surface area contributed by atoms with Gasteiger partial charge in [-0.25, -0.2) is 8.42 Å². The molecule has 1 N–H and O–H groups in total. The molecule has 1 saturated carbocycles. The summed E-state index contributed by atoms with van der Waals surface area (Å²) in [4.78, 5) is 12.5. The third-order valence-corrected chi connectivity index (χ3v) is 6.60. The fourth-order valence-electron chi connectivity index (χ4n) is 3.25. The van der Waals surface area contributed by atoms with Gasteiger partial charge in [-0.1, -0.05) is 32.6 Å². The molecule has 1 aliphatic carbocycles. The summed E-state index contributed by atoms with van der Waals surface area (Å²) in [5.74, 6) is 0.397. The van der Waals surface area contributed by atoms with Crippen LogP contribution in [0.15, 0.2) is 29.2 Å². The van der Waals surface area contributed by atoms with Crippen molar-refractivity contribution in [3.05, 3.63) is 24.3 Å². The fraction of sp³-hybridized carbons (Fsp3) is 0.632. The van der Waals surface area contributed by atoms with E-state index in [1.165, 1.54) is 29.3 Å². The SMILES string of the molecule is CCOc1ccc(S(=O)(=O)N(CC)CC(=O)NC2CCCCCC2)cc1. The van der Waals surface area contributed by atoms with Crippen LogP contribution in [-0.4, -0.2) is 44.4 Å². The summed E-state index contributed by atoms with van der Waals surface area (Å²) in [5, 5.41) is 3.01. The van der Waals surface area contributed by atoms with Crippen LogP contribution < -0.4 is 10.1 Å². The van der Waals surface area contributed by atoms with Crippen molar-refractivity contribution >= 4 is 15.9 Å². The highest BCUT2D eigenvalue weighted by molar-refractivity contribution is 7.89. The molecular formula is C19H30N2O4S. The molecule has 1 amide bonds. The Labute approximate surface area is 157 Å². The molecule has 0 spiro atoms. The fourth-order valence-corrected chi connectivity index (χ4v) is 4.65. The van der Waals surface area contributed by atoms with Gasteiger partial charge in [0.2, 0.25) is 15.9 Å². The van der Waals surface area contributed by atoms with Gasteiger partial charge < -0.3 is 10.1 Å². The maximum atomic E-state index is 12.8. The summed E-state index contributed by atoms with van der Waals surface area (Å²) in [7, 11) is -3.71. The summed E-state index contributed by atoms with van der Waals surface area (Å²) in [6.07, 6.45) is 6.60. The Hall–Kier alpha value is -1.60. The van der Waals surface area contributed by atoms with E-state index in [2.05, 4.69) is 5.32 Å². The van der Waals surface area contributed by atoms with E-state index in [0.717, 1.165) is 25.7 Å². The van der Waals surface area contributed by atoms with E-state index in [1.54, 1.807) is 19.1 Å². The van der Waals surface area contributed by atoms with Crippen LogP contribution >= 0.6 is 0 Å². The Morgan fingerprint density at radius 1 is 1.12 bits per heavy atom. The number of amides is 1. The van der Waals surface area contributed by atoms with E-state index < -0.39 is 10.0 Å². The summed E-state index contributed by atoms with van der Waals surface area (Å²) in [6.45, 7) is 4.23. The van der Waals surface area contributed by atoms with Gasteiger partial charge in [0.25, 0.3) is 0 Å². The third kappa shape index (κ3) is 5.71. The predicted molar refractivity (Wildman–Crippen MR) is 102 cm³/mol. The van der Waals surface area contributed by atoms with E-state index in [4.69, 9.17) is 4.74 Å². The Morgan fingerprint density at radius 3 is 2.27 bits per heavy atom. The second kappa shape index (κ2) is 9.92. The molecule has 0 unspecified atom stereocenters. The highest BCUT2D eigenvalue weighted by Gasteiger charge is 2.26. The van der Waals surface area contributed by atoms with E-state index in [0.29, 0.717) is 12.4 Å². The summed E-state index contributed by atoms with van der Waals surface area (Å²) in [5.41, 5.74) is 0. The Balaban J connectivity index is 2.01. The molecule has 146 valence electrons. The molecule has 0 heterocycles. The zero-order valence-electron chi connectivity index (χ0n) is 15.7. The van der Waals surface area contributed by atoms with Gasteiger partial charge in [-0.2, -0.15) is 4.31 Å². The lowest BCUT2D eigenvalue weighted by atomic mass is 10.1. The first-order valence-electron chi connectivity index (χ1n) is 9.49. The molecule has 2 rings (SSSR count). The minimum absolute atomic E-state index is 0.150. The van der Waals surface area contributed by atoms with Crippen LogP contribution in [0.3, 0.4) is 0 Å². The molecule has 0 atom stereocenters. The van der Waals surface area contributed by atoms with E-state index in [1.807, 2.05) is 6.92 Å². The van der Waals surface area contributed by atoms with E-state index in [-0.39, 0.29) is 29.9 Å². The van der Waals surface area contributed by atoms with Gasteiger partial charge in [-0.3, -0.25) is 4.79 Å². The zero-order valence-corrected chi connectivity index (χ0v) is 16.6. The molecule has 6 nitrogen and oxygen atoms in total. The molecule has 26 heavy (non-hydrogen) atoms. The molecule has 1 aliphatic rings. The lowest BCUT2D eigenvalue weighted by Crippen LogP contribution is -2.44. The zero-order chi connectivity index (χ0) is 19.0. The monoisotopic (exact) mass is 382 g/mol. The molecule has 0 aromatic heterocycles. The number of carbonyl (C=O) groups is 1. The minimum Gasteiger partial charge on any atom is -0.494 e. The summed E-state index contributed by atoms with van der Waals surface area (Å²) >= 11 is 0. The number of nitrogens with one attached hydrogen (secondary N) is 1. The number of hydrogen-bond acceptors (Lipinski definition) is 4. The van der Waals surface area contributed by atoms with Gasteiger partial charge in [0, 0.05) is 12.6 Å².